The summed E-state index contributed by atoms with van der Waals surface area (Å²) in [7, 11) is 0. The summed E-state index contributed by atoms with van der Waals surface area (Å²) in [5.41, 5.74) is 1.31. The lowest BCUT2D eigenvalue weighted by atomic mass is 10.0. The number of para-hydroxylation sites is 1. The minimum Gasteiger partial charge on any atom is -0.491 e. The van der Waals surface area contributed by atoms with Crippen molar-refractivity contribution in [1.82, 2.24) is 5.32 Å². The molecule has 0 amide bonds. The van der Waals surface area contributed by atoms with Crippen LogP contribution < -0.4 is 10.1 Å². The number of rotatable bonds is 5. The fourth-order valence-corrected chi connectivity index (χ4v) is 2.31. The van der Waals surface area contributed by atoms with E-state index in [1.807, 2.05) is 6.07 Å². The van der Waals surface area contributed by atoms with Gasteiger partial charge in [-0.15, -0.1) is 0 Å². The second-order valence-corrected chi connectivity index (χ2v) is 5.44. The number of ether oxygens (including phenoxy) is 1. The van der Waals surface area contributed by atoms with Gasteiger partial charge in [0.1, 0.15) is 12.4 Å². The Labute approximate surface area is 104 Å². The fourth-order valence-electron chi connectivity index (χ4n) is 2.31. The molecule has 1 aliphatic rings. The van der Waals surface area contributed by atoms with Crippen LogP contribution in [0, 0.1) is 5.92 Å². The predicted octanol–water partition coefficient (Wildman–Crippen LogP) is 3.53. The summed E-state index contributed by atoms with van der Waals surface area (Å²) in [5.74, 6) is 1.83. The molecule has 2 nitrogen and oxygen atoms in total. The molecular formula is C15H23NO. The molecule has 2 atom stereocenters. The Balaban J connectivity index is 1.88. The minimum absolute atomic E-state index is 0.369. The van der Waals surface area contributed by atoms with Crippen LogP contribution in [0.3, 0.4) is 0 Å². The molecule has 1 aromatic carbocycles. The Morgan fingerprint density at radius 1 is 1.24 bits per heavy atom. The second kappa shape index (κ2) is 5.54. The first kappa shape index (κ1) is 12.4. The molecule has 0 aromatic heterocycles. The van der Waals surface area contributed by atoms with E-state index in [0.717, 1.165) is 18.3 Å². The fraction of sp³-hybridized carbons (Fsp3) is 0.600. The van der Waals surface area contributed by atoms with E-state index in [9.17, 15) is 0 Å². The molecule has 2 unspecified atom stereocenters. The molecule has 1 aromatic rings. The van der Waals surface area contributed by atoms with E-state index in [2.05, 4.69) is 44.3 Å². The molecule has 2 heteroatoms. The monoisotopic (exact) mass is 233 g/mol. The van der Waals surface area contributed by atoms with Crippen molar-refractivity contribution in [3.63, 3.8) is 0 Å². The molecule has 0 fully saturated rings. The summed E-state index contributed by atoms with van der Waals surface area (Å²) in [4.78, 5) is 0. The van der Waals surface area contributed by atoms with Gasteiger partial charge in [-0.05, 0) is 31.7 Å². The molecule has 0 radical (unpaired) electrons. The summed E-state index contributed by atoms with van der Waals surface area (Å²) in [6.45, 7) is 7.59. The number of hydrogen-bond donors (Lipinski definition) is 1. The van der Waals surface area contributed by atoms with Gasteiger partial charge in [0, 0.05) is 11.6 Å². The van der Waals surface area contributed by atoms with Crippen LogP contribution in [-0.4, -0.2) is 12.6 Å². The van der Waals surface area contributed by atoms with Crippen molar-refractivity contribution in [3.05, 3.63) is 29.8 Å². The SMILES string of the molecule is CC(C)CCC(C)NC1COc2ccccc21. The topological polar surface area (TPSA) is 21.3 Å². The van der Waals surface area contributed by atoms with Crippen LogP contribution in [0.2, 0.25) is 0 Å². The van der Waals surface area contributed by atoms with Gasteiger partial charge in [0.05, 0.1) is 6.04 Å². The predicted molar refractivity (Wildman–Crippen MR) is 71.3 cm³/mol. The van der Waals surface area contributed by atoms with Crippen LogP contribution in [0.4, 0.5) is 0 Å². The van der Waals surface area contributed by atoms with Crippen LogP contribution in [0.5, 0.6) is 5.75 Å². The first-order chi connectivity index (χ1) is 8.16. The summed E-state index contributed by atoms with van der Waals surface area (Å²) >= 11 is 0. The summed E-state index contributed by atoms with van der Waals surface area (Å²) in [6, 6.07) is 9.25. The average molecular weight is 233 g/mol. The first-order valence-corrected chi connectivity index (χ1v) is 6.64. The van der Waals surface area contributed by atoms with E-state index in [4.69, 9.17) is 4.74 Å². The van der Waals surface area contributed by atoms with Gasteiger partial charge in [-0.2, -0.15) is 0 Å². The van der Waals surface area contributed by atoms with Crippen molar-refractivity contribution in [2.75, 3.05) is 6.61 Å². The van der Waals surface area contributed by atoms with Crippen molar-refractivity contribution < 1.29 is 4.74 Å². The van der Waals surface area contributed by atoms with Gasteiger partial charge in [-0.25, -0.2) is 0 Å². The summed E-state index contributed by atoms with van der Waals surface area (Å²) < 4.78 is 5.68. The van der Waals surface area contributed by atoms with Gasteiger partial charge in [0.25, 0.3) is 0 Å². The Morgan fingerprint density at radius 2 is 2.00 bits per heavy atom. The van der Waals surface area contributed by atoms with Crippen LogP contribution in [0.25, 0.3) is 0 Å². The van der Waals surface area contributed by atoms with E-state index in [0.29, 0.717) is 12.1 Å². The zero-order valence-corrected chi connectivity index (χ0v) is 11.1. The second-order valence-electron chi connectivity index (χ2n) is 5.44. The van der Waals surface area contributed by atoms with Crippen molar-refractivity contribution in [2.45, 2.75) is 45.7 Å². The number of nitrogens with one attached hydrogen (secondary N) is 1. The molecule has 2 rings (SSSR count). The maximum atomic E-state index is 5.68. The van der Waals surface area contributed by atoms with E-state index < -0.39 is 0 Å². The summed E-state index contributed by atoms with van der Waals surface area (Å²) in [6.07, 6.45) is 2.51. The van der Waals surface area contributed by atoms with E-state index in [1.165, 1.54) is 18.4 Å². The zero-order valence-electron chi connectivity index (χ0n) is 11.1. The lowest BCUT2D eigenvalue weighted by molar-refractivity contribution is 0.294. The molecule has 17 heavy (non-hydrogen) atoms. The molecule has 0 saturated carbocycles. The third-order valence-corrected chi connectivity index (χ3v) is 3.36. The molecular weight excluding hydrogens is 210 g/mol. The van der Waals surface area contributed by atoms with Gasteiger partial charge in [-0.3, -0.25) is 0 Å². The standard InChI is InChI=1S/C15H23NO/c1-11(2)8-9-12(3)16-14-10-17-15-7-5-4-6-13(14)15/h4-7,11-12,14,16H,8-10H2,1-3H3. The third-order valence-electron chi connectivity index (χ3n) is 3.36. The van der Waals surface area contributed by atoms with Crippen LogP contribution in [0.1, 0.15) is 45.2 Å². The highest BCUT2D eigenvalue weighted by molar-refractivity contribution is 5.39. The van der Waals surface area contributed by atoms with E-state index in [-0.39, 0.29) is 0 Å². The van der Waals surface area contributed by atoms with Crippen LogP contribution >= 0.6 is 0 Å². The molecule has 94 valence electrons. The highest BCUT2D eigenvalue weighted by Crippen LogP contribution is 2.32. The van der Waals surface area contributed by atoms with Gasteiger partial charge >= 0.3 is 0 Å². The zero-order chi connectivity index (χ0) is 12.3. The van der Waals surface area contributed by atoms with Crippen molar-refractivity contribution >= 4 is 0 Å². The van der Waals surface area contributed by atoms with Crippen LogP contribution in [-0.2, 0) is 0 Å². The Bertz CT molecular complexity index is 362. The molecule has 0 spiro atoms. The maximum Gasteiger partial charge on any atom is 0.124 e. The lowest BCUT2D eigenvalue weighted by Crippen LogP contribution is -2.31. The van der Waals surface area contributed by atoms with Gasteiger partial charge in [0.2, 0.25) is 0 Å². The molecule has 0 bridgehead atoms. The highest BCUT2D eigenvalue weighted by Gasteiger charge is 2.24. The largest absolute Gasteiger partial charge is 0.491 e. The quantitative estimate of drug-likeness (QED) is 0.840. The Morgan fingerprint density at radius 3 is 2.76 bits per heavy atom. The number of benzene rings is 1. The lowest BCUT2D eigenvalue weighted by Gasteiger charge is -2.19. The minimum atomic E-state index is 0.369. The molecule has 0 saturated heterocycles. The Kier molecular flexibility index (Phi) is 4.06. The van der Waals surface area contributed by atoms with Crippen molar-refractivity contribution in [1.29, 1.82) is 0 Å². The molecule has 1 aliphatic heterocycles. The van der Waals surface area contributed by atoms with Crippen molar-refractivity contribution in [3.8, 4) is 5.75 Å². The highest BCUT2D eigenvalue weighted by atomic mass is 16.5. The molecule has 0 aliphatic carbocycles. The average Bonchev–Trinajstić information content (AvgIpc) is 2.70. The third kappa shape index (κ3) is 3.22. The smallest absolute Gasteiger partial charge is 0.124 e. The first-order valence-electron chi connectivity index (χ1n) is 6.64. The Hall–Kier alpha value is -1.02. The van der Waals surface area contributed by atoms with E-state index >= 15 is 0 Å². The van der Waals surface area contributed by atoms with Gasteiger partial charge in [-0.1, -0.05) is 32.0 Å². The number of fused-ring (bicyclic) bond motifs is 1. The number of hydrogen-bond acceptors (Lipinski definition) is 2. The van der Waals surface area contributed by atoms with E-state index in [1.54, 1.807) is 0 Å². The molecule has 1 N–H and O–H groups in total. The van der Waals surface area contributed by atoms with Crippen molar-refractivity contribution in [2.24, 2.45) is 5.92 Å². The van der Waals surface area contributed by atoms with Gasteiger partial charge < -0.3 is 10.1 Å². The summed E-state index contributed by atoms with van der Waals surface area (Å²) in [5, 5.41) is 3.67. The van der Waals surface area contributed by atoms with Gasteiger partial charge in [0.15, 0.2) is 0 Å². The normalized spacial score (nSPS) is 20.1. The maximum absolute atomic E-state index is 5.68. The van der Waals surface area contributed by atoms with Crippen LogP contribution in [0.15, 0.2) is 24.3 Å². The molecule has 1 heterocycles.